The van der Waals surface area contributed by atoms with Crippen LogP contribution < -0.4 is 0 Å². The van der Waals surface area contributed by atoms with Crippen LogP contribution in [0.2, 0.25) is 0 Å². The van der Waals surface area contributed by atoms with Gasteiger partial charge in [-0.15, -0.1) is 0 Å². The second-order valence-electron chi connectivity index (χ2n) is 5.23. The van der Waals surface area contributed by atoms with E-state index in [1.807, 2.05) is 24.3 Å². The van der Waals surface area contributed by atoms with Gasteiger partial charge in [-0.1, -0.05) is 48.5 Å². The minimum atomic E-state index is -0.0982. The van der Waals surface area contributed by atoms with Crippen LogP contribution in [0.4, 0.5) is 0 Å². The van der Waals surface area contributed by atoms with Crippen LogP contribution in [0.1, 0.15) is 31.8 Å². The van der Waals surface area contributed by atoms with E-state index in [0.717, 1.165) is 11.1 Å². The van der Waals surface area contributed by atoms with E-state index in [9.17, 15) is 9.59 Å². The summed E-state index contributed by atoms with van der Waals surface area (Å²) in [5.74, 6) is -0.196. The van der Waals surface area contributed by atoms with E-state index in [-0.39, 0.29) is 24.8 Å². The van der Waals surface area contributed by atoms with Crippen molar-refractivity contribution in [3.63, 3.8) is 0 Å². The normalized spacial score (nSPS) is 16.2. The molecule has 4 heterocycles. The Kier molecular flexibility index (Phi) is 4.42. The Morgan fingerprint density at radius 3 is 1.27 bits per heavy atom. The second kappa shape index (κ2) is 6.64. The van der Waals surface area contributed by atoms with Crippen molar-refractivity contribution >= 4 is 11.6 Å². The molecule has 4 aliphatic heterocycles. The van der Waals surface area contributed by atoms with Crippen molar-refractivity contribution in [2.75, 3.05) is 13.2 Å². The molecule has 0 atom stereocenters. The van der Waals surface area contributed by atoms with Crippen LogP contribution in [0.15, 0.2) is 48.5 Å². The SMILES string of the molecule is O=C1COCc2ccc(cc2)COCC(=O)c2ccc1cc2. The number of ether oxygens (including phenoxy) is 2. The Labute approximate surface area is 128 Å². The highest BCUT2D eigenvalue weighted by molar-refractivity contribution is 6.00. The van der Waals surface area contributed by atoms with Gasteiger partial charge >= 0.3 is 0 Å². The summed E-state index contributed by atoms with van der Waals surface area (Å²) in [5.41, 5.74) is 3.07. The second-order valence-corrected chi connectivity index (χ2v) is 5.23. The number of ketones is 2. The van der Waals surface area contributed by atoms with Crippen molar-refractivity contribution in [3.05, 3.63) is 70.8 Å². The van der Waals surface area contributed by atoms with Gasteiger partial charge in [-0.25, -0.2) is 0 Å². The number of benzene rings is 2. The maximum atomic E-state index is 12.0. The zero-order chi connectivity index (χ0) is 15.4. The first-order chi connectivity index (χ1) is 10.7. The third-order valence-corrected chi connectivity index (χ3v) is 3.56. The zero-order valence-electron chi connectivity index (χ0n) is 12.1. The van der Waals surface area contributed by atoms with Crippen molar-refractivity contribution in [2.24, 2.45) is 0 Å². The largest absolute Gasteiger partial charge is 0.369 e. The lowest BCUT2D eigenvalue weighted by Crippen LogP contribution is -2.12. The Hall–Kier alpha value is -2.30. The number of hydrogen-bond acceptors (Lipinski definition) is 4. The molecule has 0 saturated carbocycles. The minimum Gasteiger partial charge on any atom is -0.369 e. The summed E-state index contributed by atoms with van der Waals surface area (Å²) in [4.78, 5) is 24.0. The van der Waals surface area contributed by atoms with Crippen molar-refractivity contribution in [2.45, 2.75) is 13.2 Å². The van der Waals surface area contributed by atoms with Crippen LogP contribution in [0.3, 0.4) is 0 Å². The van der Waals surface area contributed by atoms with Gasteiger partial charge in [0.25, 0.3) is 0 Å². The quantitative estimate of drug-likeness (QED) is 0.750. The van der Waals surface area contributed by atoms with Gasteiger partial charge in [0, 0.05) is 11.1 Å². The van der Waals surface area contributed by atoms with E-state index in [2.05, 4.69) is 0 Å². The van der Waals surface area contributed by atoms with Crippen LogP contribution in [-0.2, 0) is 22.7 Å². The van der Waals surface area contributed by atoms with Gasteiger partial charge in [0.1, 0.15) is 13.2 Å². The summed E-state index contributed by atoms with van der Waals surface area (Å²) in [6.07, 6.45) is 0. The standard InChI is InChI=1S/C18H16O4/c19-17-11-21-9-13-1-2-14(4-3-13)10-22-12-18(20)16-7-5-15(17)6-8-16/h1-8H,9-12H2. The van der Waals surface area contributed by atoms with E-state index in [4.69, 9.17) is 9.47 Å². The highest BCUT2D eigenvalue weighted by Gasteiger charge is 2.10. The van der Waals surface area contributed by atoms with Crippen LogP contribution in [-0.4, -0.2) is 24.8 Å². The molecule has 0 unspecified atom stereocenters. The van der Waals surface area contributed by atoms with Gasteiger partial charge in [-0.05, 0) is 11.1 Å². The fraction of sp³-hybridized carbons (Fsp3) is 0.222. The third-order valence-electron chi connectivity index (χ3n) is 3.56. The maximum Gasteiger partial charge on any atom is 0.188 e. The van der Waals surface area contributed by atoms with Gasteiger partial charge in [0.2, 0.25) is 0 Å². The summed E-state index contributed by atoms with van der Waals surface area (Å²) in [6, 6.07) is 14.3. The topological polar surface area (TPSA) is 52.6 Å². The average molecular weight is 296 g/mol. The molecule has 0 N–H and O–H groups in total. The van der Waals surface area contributed by atoms with Crippen molar-refractivity contribution in [3.8, 4) is 0 Å². The average Bonchev–Trinajstić information content (AvgIpc) is 2.55. The van der Waals surface area contributed by atoms with Crippen LogP contribution in [0.5, 0.6) is 0 Å². The third kappa shape index (κ3) is 3.47. The number of hydrogen-bond donors (Lipinski definition) is 0. The van der Waals surface area contributed by atoms with Crippen LogP contribution in [0.25, 0.3) is 0 Å². The molecule has 4 bridgehead atoms. The number of carbonyl (C=O) groups is 2. The monoisotopic (exact) mass is 296 g/mol. The molecule has 0 aliphatic carbocycles. The Morgan fingerprint density at radius 1 is 0.545 bits per heavy atom. The van der Waals surface area contributed by atoms with Gasteiger partial charge in [-0.2, -0.15) is 0 Å². The smallest absolute Gasteiger partial charge is 0.188 e. The minimum absolute atomic E-state index is 0.0259. The summed E-state index contributed by atoms with van der Waals surface area (Å²) in [5, 5.41) is 0. The lowest BCUT2D eigenvalue weighted by molar-refractivity contribution is 0.0714. The van der Waals surface area contributed by atoms with Crippen molar-refractivity contribution in [1.29, 1.82) is 0 Å². The molecule has 0 amide bonds. The first-order valence-corrected chi connectivity index (χ1v) is 7.12. The predicted molar refractivity (Wildman–Crippen MR) is 80.9 cm³/mol. The molecule has 22 heavy (non-hydrogen) atoms. The molecular weight excluding hydrogens is 280 g/mol. The summed E-state index contributed by atoms with van der Waals surface area (Å²) < 4.78 is 10.9. The number of rotatable bonds is 0. The van der Waals surface area contributed by atoms with Crippen molar-refractivity contribution in [1.82, 2.24) is 0 Å². The lowest BCUT2D eigenvalue weighted by atomic mass is 10.1. The van der Waals surface area contributed by atoms with Gasteiger partial charge < -0.3 is 9.47 Å². The number of Topliss-reactive ketones (excluding diaryl/α,β-unsaturated/α-hetero) is 2. The van der Waals surface area contributed by atoms with Crippen molar-refractivity contribution < 1.29 is 19.1 Å². The zero-order valence-corrected chi connectivity index (χ0v) is 12.1. The molecule has 112 valence electrons. The molecule has 2 aromatic carbocycles. The molecule has 6 rings (SSSR count). The Balaban J connectivity index is 1.82. The molecule has 0 radical (unpaired) electrons. The van der Waals surface area contributed by atoms with Crippen LogP contribution in [0, 0.1) is 0 Å². The fourth-order valence-electron chi connectivity index (χ4n) is 2.26. The first kappa shape index (κ1) is 14.6. The molecule has 4 nitrogen and oxygen atoms in total. The van der Waals surface area contributed by atoms with E-state index >= 15 is 0 Å². The molecular formula is C18H16O4. The highest BCUT2D eigenvalue weighted by atomic mass is 16.5. The summed E-state index contributed by atoms with van der Waals surface area (Å²) >= 11 is 0. The maximum absolute atomic E-state index is 12.0. The predicted octanol–water partition coefficient (Wildman–Crippen LogP) is 2.80. The van der Waals surface area contributed by atoms with Gasteiger partial charge in [-0.3, -0.25) is 9.59 Å². The summed E-state index contributed by atoms with van der Waals surface area (Å²) in [6.45, 7) is 0.837. The Morgan fingerprint density at radius 2 is 0.909 bits per heavy atom. The first-order valence-electron chi connectivity index (χ1n) is 7.12. The molecule has 0 spiro atoms. The highest BCUT2D eigenvalue weighted by Crippen LogP contribution is 2.11. The fourth-order valence-corrected chi connectivity index (χ4v) is 2.26. The van der Waals surface area contributed by atoms with E-state index in [0.29, 0.717) is 24.3 Å². The van der Waals surface area contributed by atoms with E-state index in [1.54, 1.807) is 24.3 Å². The summed E-state index contributed by atoms with van der Waals surface area (Å²) in [7, 11) is 0. The van der Waals surface area contributed by atoms with Gasteiger partial charge in [0.15, 0.2) is 11.6 Å². The van der Waals surface area contributed by atoms with Crippen LogP contribution >= 0.6 is 0 Å². The lowest BCUT2D eigenvalue weighted by Gasteiger charge is -2.09. The Bertz CT molecular complexity index is 611. The molecule has 0 saturated heterocycles. The molecule has 0 aromatic heterocycles. The number of carbonyl (C=O) groups excluding carboxylic acids is 2. The van der Waals surface area contributed by atoms with Gasteiger partial charge in [0.05, 0.1) is 13.2 Å². The molecule has 0 fully saturated rings. The van der Waals surface area contributed by atoms with E-state index in [1.165, 1.54) is 0 Å². The molecule has 2 aromatic rings. The van der Waals surface area contributed by atoms with E-state index < -0.39 is 0 Å². The molecule has 4 heteroatoms. The molecule has 4 aliphatic rings.